The smallest absolute Gasteiger partial charge is 0.231 e. The number of fused-ring (bicyclic) bond motifs is 2. The zero-order chi connectivity index (χ0) is 18.9. The number of rotatable bonds is 4. The summed E-state index contributed by atoms with van der Waals surface area (Å²) in [5, 5.41) is 0. The van der Waals surface area contributed by atoms with Gasteiger partial charge in [-0.3, -0.25) is 9.88 Å². The average Bonchev–Trinajstić information content (AvgIpc) is 3.21. The van der Waals surface area contributed by atoms with Crippen molar-refractivity contribution in [2.24, 2.45) is 0 Å². The van der Waals surface area contributed by atoms with Gasteiger partial charge in [0.15, 0.2) is 11.5 Å². The van der Waals surface area contributed by atoms with Gasteiger partial charge in [0.2, 0.25) is 6.79 Å². The van der Waals surface area contributed by atoms with Gasteiger partial charge in [0.05, 0.1) is 22.9 Å². The lowest BCUT2D eigenvalue weighted by atomic mass is 10.0. The molecule has 1 fully saturated rings. The normalized spacial score (nSPS) is 16.9. The topological polar surface area (TPSA) is 50.7 Å². The van der Waals surface area contributed by atoms with Crippen LogP contribution in [-0.2, 0) is 6.54 Å². The minimum atomic E-state index is 0.323. The summed E-state index contributed by atoms with van der Waals surface area (Å²) in [6.07, 6.45) is 4.17. The molecule has 2 aliphatic rings. The summed E-state index contributed by atoms with van der Waals surface area (Å²) in [5.74, 6) is 1.70. The Morgan fingerprint density at radius 1 is 1.04 bits per heavy atom. The molecule has 0 amide bonds. The van der Waals surface area contributed by atoms with Crippen molar-refractivity contribution in [1.82, 2.24) is 14.9 Å². The van der Waals surface area contributed by atoms with Gasteiger partial charge in [-0.2, -0.15) is 0 Å². The molecule has 1 aromatic heterocycles. The van der Waals surface area contributed by atoms with Gasteiger partial charge < -0.3 is 14.4 Å². The zero-order valence-electron chi connectivity index (χ0n) is 16.0. The molecule has 0 unspecified atom stereocenters. The third kappa shape index (κ3) is 3.36. The Kier molecular flexibility index (Phi) is 4.49. The zero-order valence-corrected chi connectivity index (χ0v) is 16.0. The van der Waals surface area contributed by atoms with Gasteiger partial charge in [-0.25, -0.2) is 4.98 Å². The molecule has 144 valence electrons. The van der Waals surface area contributed by atoms with Crippen molar-refractivity contribution < 1.29 is 9.47 Å². The second kappa shape index (κ2) is 7.28. The van der Waals surface area contributed by atoms with E-state index in [0.29, 0.717) is 12.8 Å². The minimum absolute atomic E-state index is 0.323. The summed E-state index contributed by atoms with van der Waals surface area (Å²) in [6.45, 7) is 3.23. The van der Waals surface area contributed by atoms with Crippen molar-refractivity contribution in [3.8, 4) is 11.5 Å². The number of para-hydroxylation sites is 2. The Balaban J connectivity index is 1.21. The van der Waals surface area contributed by atoms with Crippen LogP contribution in [0.1, 0.15) is 18.5 Å². The number of piperidine rings is 1. The number of anilines is 1. The van der Waals surface area contributed by atoms with Crippen LogP contribution in [0.25, 0.3) is 11.0 Å². The number of nitrogens with zero attached hydrogens (tertiary/aromatic N) is 4. The molecule has 5 rings (SSSR count). The molecular formula is C22H24N4O2. The van der Waals surface area contributed by atoms with Gasteiger partial charge >= 0.3 is 0 Å². The molecule has 0 bridgehead atoms. The maximum absolute atomic E-state index is 5.52. The monoisotopic (exact) mass is 376 g/mol. The van der Waals surface area contributed by atoms with Crippen LogP contribution in [0.4, 0.5) is 5.69 Å². The highest BCUT2D eigenvalue weighted by Gasteiger charge is 2.24. The second-order valence-electron chi connectivity index (χ2n) is 7.52. The van der Waals surface area contributed by atoms with Crippen molar-refractivity contribution in [3.05, 3.63) is 54.4 Å². The van der Waals surface area contributed by atoms with Crippen molar-refractivity contribution >= 4 is 16.7 Å². The van der Waals surface area contributed by atoms with Gasteiger partial charge in [0.1, 0.15) is 0 Å². The molecule has 6 nitrogen and oxygen atoms in total. The third-order valence-corrected chi connectivity index (χ3v) is 5.72. The molecule has 0 aliphatic carbocycles. The van der Waals surface area contributed by atoms with Crippen LogP contribution in [-0.4, -0.2) is 47.8 Å². The fraction of sp³-hybridized carbons (Fsp3) is 0.364. The van der Waals surface area contributed by atoms with Gasteiger partial charge in [-0.05, 0) is 44.2 Å². The Hall–Kier alpha value is -2.86. The van der Waals surface area contributed by atoms with E-state index in [0.717, 1.165) is 60.7 Å². The van der Waals surface area contributed by atoms with Gasteiger partial charge in [-0.15, -0.1) is 0 Å². The highest BCUT2D eigenvalue weighted by atomic mass is 16.7. The fourth-order valence-electron chi connectivity index (χ4n) is 4.10. The predicted octanol–water partition coefficient (Wildman–Crippen LogP) is 3.46. The van der Waals surface area contributed by atoms with Gasteiger partial charge in [0.25, 0.3) is 0 Å². The van der Waals surface area contributed by atoms with E-state index in [1.165, 1.54) is 5.69 Å². The fourth-order valence-corrected chi connectivity index (χ4v) is 4.10. The lowest BCUT2D eigenvalue weighted by Crippen LogP contribution is -2.43. The average molecular weight is 376 g/mol. The number of ether oxygens (including phenoxy) is 2. The summed E-state index contributed by atoms with van der Waals surface area (Å²) >= 11 is 0. The van der Waals surface area contributed by atoms with E-state index < -0.39 is 0 Å². The number of hydrogen-bond acceptors (Lipinski definition) is 6. The van der Waals surface area contributed by atoms with Crippen LogP contribution in [0.3, 0.4) is 0 Å². The summed E-state index contributed by atoms with van der Waals surface area (Å²) < 4.78 is 10.9. The molecule has 0 saturated carbocycles. The Labute approximate surface area is 164 Å². The van der Waals surface area contributed by atoms with E-state index in [2.05, 4.69) is 34.0 Å². The quantitative estimate of drug-likeness (QED) is 0.695. The van der Waals surface area contributed by atoms with Crippen LogP contribution >= 0.6 is 0 Å². The Bertz CT molecular complexity index is 985. The summed E-state index contributed by atoms with van der Waals surface area (Å²) in [5.41, 5.74) is 4.15. The molecule has 0 N–H and O–H groups in total. The molecule has 2 aliphatic heterocycles. The van der Waals surface area contributed by atoms with Crippen molar-refractivity contribution in [3.63, 3.8) is 0 Å². The predicted molar refractivity (Wildman–Crippen MR) is 109 cm³/mol. The molecule has 3 aromatic rings. The van der Waals surface area contributed by atoms with E-state index in [1.807, 2.05) is 36.5 Å². The Morgan fingerprint density at radius 3 is 2.68 bits per heavy atom. The first kappa shape index (κ1) is 17.3. The van der Waals surface area contributed by atoms with E-state index in [9.17, 15) is 0 Å². The number of aromatic nitrogens is 2. The lowest BCUT2D eigenvalue weighted by Gasteiger charge is -2.37. The molecule has 3 heterocycles. The van der Waals surface area contributed by atoms with Crippen LogP contribution < -0.4 is 14.4 Å². The molecular weight excluding hydrogens is 352 g/mol. The van der Waals surface area contributed by atoms with Crippen LogP contribution in [0.15, 0.2) is 48.7 Å². The Morgan fingerprint density at radius 2 is 1.82 bits per heavy atom. The highest BCUT2D eigenvalue weighted by Crippen LogP contribution is 2.36. The SMILES string of the molecule is CN(Cc1cnc2ccccc2n1)C1CCN(c2ccc3c(c2)OCO3)CC1. The van der Waals surface area contributed by atoms with Crippen molar-refractivity contribution in [2.75, 3.05) is 31.8 Å². The molecule has 0 radical (unpaired) electrons. The van der Waals surface area contributed by atoms with Crippen LogP contribution in [0.2, 0.25) is 0 Å². The van der Waals surface area contributed by atoms with E-state index in [-0.39, 0.29) is 0 Å². The van der Waals surface area contributed by atoms with Crippen LogP contribution in [0, 0.1) is 0 Å². The molecule has 6 heteroatoms. The lowest BCUT2D eigenvalue weighted by molar-refractivity contribution is 0.174. The highest BCUT2D eigenvalue weighted by molar-refractivity contribution is 5.73. The summed E-state index contributed by atoms with van der Waals surface area (Å²) in [6, 6.07) is 14.8. The molecule has 0 atom stereocenters. The van der Waals surface area contributed by atoms with E-state index >= 15 is 0 Å². The standard InChI is InChI=1S/C22H24N4O2/c1-25(14-16-13-23-19-4-2-3-5-20(19)24-16)17-8-10-26(11-9-17)18-6-7-21-22(12-18)28-15-27-21/h2-7,12-13,17H,8-11,14-15H2,1H3. The van der Waals surface area contributed by atoms with Crippen LogP contribution in [0.5, 0.6) is 11.5 Å². The van der Waals surface area contributed by atoms with E-state index in [4.69, 9.17) is 14.5 Å². The number of hydrogen-bond donors (Lipinski definition) is 0. The first-order chi connectivity index (χ1) is 13.8. The second-order valence-corrected chi connectivity index (χ2v) is 7.52. The minimum Gasteiger partial charge on any atom is -0.454 e. The maximum Gasteiger partial charge on any atom is 0.231 e. The van der Waals surface area contributed by atoms with Gasteiger partial charge in [0, 0.05) is 37.4 Å². The number of benzene rings is 2. The van der Waals surface area contributed by atoms with Gasteiger partial charge in [-0.1, -0.05) is 12.1 Å². The first-order valence-corrected chi connectivity index (χ1v) is 9.82. The third-order valence-electron chi connectivity index (χ3n) is 5.72. The molecule has 0 spiro atoms. The van der Waals surface area contributed by atoms with E-state index in [1.54, 1.807) is 0 Å². The maximum atomic E-state index is 5.52. The van der Waals surface area contributed by atoms with Crippen molar-refractivity contribution in [1.29, 1.82) is 0 Å². The summed E-state index contributed by atoms with van der Waals surface area (Å²) in [4.78, 5) is 14.2. The largest absolute Gasteiger partial charge is 0.454 e. The first-order valence-electron chi connectivity index (χ1n) is 9.82. The summed E-state index contributed by atoms with van der Waals surface area (Å²) in [7, 11) is 2.19. The molecule has 2 aromatic carbocycles. The van der Waals surface area contributed by atoms with Crippen molar-refractivity contribution in [2.45, 2.75) is 25.4 Å². The molecule has 28 heavy (non-hydrogen) atoms. The molecule has 1 saturated heterocycles.